The Bertz CT molecular complexity index is 364. The monoisotopic (exact) mass is 208 g/mol. The number of aliphatic hydroxyl groups excluding tert-OH is 1. The summed E-state index contributed by atoms with van der Waals surface area (Å²) in [5, 5.41) is 11.9. The van der Waals surface area contributed by atoms with Crippen LogP contribution >= 0.6 is 0 Å². The molecular formula is C11H16N2O2. The minimum absolute atomic E-state index is 0.0346. The maximum absolute atomic E-state index is 11.1. The van der Waals surface area contributed by atoms with Gasteiger partial charge in [-0.05, 0) is 32.0 Å². The predicted octanol–water partition coefficient (Wildman–Crippen LogP) is 1.26. The standard InChI is InChI=1S/C11H16N2O2/c1-7(6-14)13-9-3-4-10(8(2)15)11(12)5-9/h3-5,7,13-14H,6,12H2,1-2H3. The summed E-state index contributed by atoms with van der Waals surface area (Å²) in [6, 6.07) is 5.12. The molecule has 0 radical (unpaired) electrons. The SMILES string of the molecule is CC(=O)c1ccc(NC(C)CO)cc1N. The van der Waals surface area contributed by atoms with Gasteiger partial charge in [0, 0.05) is 23.0 Å². The molecule has 1 unspecified atom stereocenters. The highest BCUT2D eigenvalue weighted by Crippen LogP contribution is 2.18. The number of hydrogen-bond donors (Lipinski definition) is 3. The lowest BCUT2D eigenvalue weighted by molar-refractivity contribution is 0.101. The second-order valence-corrected chi connectivity index (χ2v) is 3.59. The summed E-state index contributed by atoms with van der Waals surface area (Å²) in [5.74, 6) is -0.0470. The second-order valence-electron chi connectivity index (χ2n) is 3.59. The number of carbonyl (C=O) groups is 1. The van der Waals surface area contributed by atoms with Crippen molar-refractivity contribution in [3.8, 4) is 0 Å². The molecule has 0 spiro atoms. The topological polar surface area (TPSA) is 75.3 Å². The van der Waals surface area contributed by atoms with E-state index < -0.39 is 0 Å². The van der Waals surface area contributed by atoms with Gasteiger partial charge in [0.25, 0.3) is 0 Å². The second kappa shape index (κ2) is 4.79. The van der Waals surface area contributed by atoms with Crippen LogP contribution in [0.3, 0.4) is 0 Å². The average molecular weight is 208 g/mol. The van der Waals surface area contributed by atoms with Crippen molar-refractivity contribution in [1.82, 2.24) is 0 Å². The number of nitrogens with two attached hydrogens (primary N) is 1. The molecule has 0 saturated heterocycles. The summed E-state index contributed by atoms with van der Waals surface area (Å²) in [6.45, 7) is 3.39. The van der Waals surface area contributed by atoms with Crippen LogP contribution in [0.4, 0.5) is 11.4 Å². The molecule has 0 saturated carbocycles. The Kier molecular flexibility index (Phi) is 3.68. The molecule has 15 heavy (non-hydrogen) atoms. The summed E-state index contributed by atoms with van der Waals surface area (Å²) in [4.78, 5) is 11.1. The minimum Gasteiger partial charge on any atom is -0.398 e. The van der Waals surface area contributed by atoms with E-state index in [0.29, 0.717) is 11.3 Å². The van der Waals surface area contributed by atoms with Gasteiger partial charge in [-0.1, -0.05) is 0 Å². The third kappa shape index (κ3) is 2.95. The third-order valence-electron chi connectivity index (χ3n) is 2.12. The van der Waals surface area contributed by atoms with E-state index in [0.717, 1.165) is 5.69 Å². The Hall–Kier alpha value is -1.55. The van der Waals surface area contributed by atoms with E-state index in [4.69, 9.17) is 10.8 Å². The largest absolute Gasteiger partial charge is 0.398 e. The number of nitrogens with one attached hydrogen (secondary N) is 1. The zero-order chi connectivity index (χ0) is 11.4. The van der Waals surface area contributed by atoms with Gasteiger partial charge in [0.05, 0.1) is 6.61 Å². The summed E-state index contributed by atoms with van der Waals surface area (Å²) >= 11 is 0. The molecule has 1 rings (SSSR count). The number of Topliss-reactive ketones (excluding diaryl/α,β-unsaturated/α-hetero) is 1. The number of rotatable bonds is 4. The highest BCUT2D eigenvalue weighted by Gasteiger charge is 2.06. The molecule has 1 atom stereocenters. The lowest BCUT2D eigenvalue weighted by Crippen LogP contribution is -2.19. The van der Waals surface area contributed by atoms with Crippen molar-refractivity contribution < 1.29 is 9.90 Å². The first kappa shape index (κ1) is 11.5. The van der Waals surface area contributed by atoms with Gasteiger partial charge < -0.3 is 16.2 Å². The van der Waals surface area contributed by atoms with E-state index in [9.17, 15) is 4.79 Å². The predicted molar refractivity (Wildman–Crippen MR) is 61.0 cm³/mol. The van der Waals surface area contributed by atoms with E-state index in [-0.39, 0.29) is 18.4 Å². The van der Waals surface area contributed by atoms with E-state index in [2.05, 4.69) is 5.32 Å². The van der Waals surface area contributed by atoms with Crippen LogP contribution in [-0.2, 0) is 0 Å². The first-order valence-electron chi connectivity index (χ1n) is 4.82. The summed E-state index contributed by atoms with van der Waals surface area (Å²) in [6.07, 6.45) is 0. The van der Waals surface area contributed by atoms with Gasteiger partial charge in [-0.25, -0.2) is 0 Å². The van der Waals surface area contributed by atoms with Crippen LogP contribution in [0.1, 0.15) is 24.2 Å². The first-order chi connectivity index (χ1) is 7.04. The normalized spacial score (nSPS) is 12.2. The van der Waals surface area contributed by atoms with Crippen LogP contribution in [-0.4, -0.2) is 23.5 Å². The maximum Gasteiger partial charge on any atom is 0.161 e. The Balaban J connectivity index is 2.87. The Morgan fingerprint density at radius 2 is 2.27 bits per heavy atom. The van der Waals surface area contributed by atoms with Crippen molar-refractivity contribution in [2.75, 3.05) is 17.7 Å². The van der Waals surface area contributed by atoms with Crippen LogP contribution in [0.15, 0.2) is 18.2 Å². The van der Waals surface area contributed by atoms with Crippen molar-refractivity contribution in [3.63, 3.8) is 0 Å². The van der Waals surface area contributed by atoms with Crippen molar-refractivity contribution in [1.29, 1.82) is 0 Å². The molecule has 0 fully saturated rings. The molecule has 0 aliphatic heterocycles. The molecule has 82 valence electrons. The number of ketones is 1. The molecule has 0 aliphatic rings. The molecule has 4 N–H and O–H groups in total. The van der Waals surface area contributed by atoms with Crippen LogP contribution in [0, 0.1) is 0 Å². The fraction of sp³-hybridized carbons (Fsp3) is 0.364. The maximum atomic E-state index is 11.1. The molecule has 0 aliphatic carbocycles. The zero-order valence-electron chi connectivity index (χ0n) is 8.95. The van der Waals surface area contributed by atoms with E-state index in [1.807, 2.05) is 6.92 Å². The number of benzene rings is 1. The van der Waals surface area contributed by atoms with Gasteiger partial charge in [-0.3, -0.25) is 4.79 Å². The third-order valence-corrected chi connectivity index (χ3v) is 2.12. The van der Waals surface area contributed by atoms with Gasteiger partial charge in [0.1, 0.15) is 0 Å². The van der Waals surface area contributed by atoms with Crippen LogP contribution in [0.2, 0.25) is 0 Å². The highest BCUT2D eigenvalue weighted by atomic mass is 16.3. The van der Waals surface area contributed by atoms with Crippen molar-refractivity contribution in [2.24, 2.45) is 0 Å². The fourth-order valence-electron chi connectivity index (χ4n) is 1.30. The number of carbonyl (C=O) groups excluding carboxylic acids is 1. The van der Waals surface area contributed by atoms with Gasteiger partial charge in [-0.2, -0.15) is 0 Å². The van der Waals surface area contributed by atoms with Crippen molar-refractivity contribution >= 4 is 17.2 Å². The Labute approximate surface area is 89.1 Å². The molecule has 0 aromatic heterocycles. The minimum atomic E-state index is -0.0470. The molecule has 0 heterocycles. The fourth-order valence-corrected chi connectivity index (χ4v) is 1.30. The van der Waals surface area contributed by atoms with Gasteiger partial charge in [0.15, 0.2) is 5.78 Å². The molecule has 1 aromatic rings. The lowest BCUT2D eigenvalue weighted by Gasteiger charge is -2.13. The lowest BCUT2D eigenvalue weighted by atomic mass is 10.1. The smallest absolute Gasteiger partial charge is 0.161 e. The summed E-state index contributed by atoms with van der Waals surface area (Å²) < 4.78 is 0. The van der Waals surface area contributed by atoms with Gasteiger partial charge in [-0.15, -0.1) is 0 Å². The zero-order valence-corrected chi connectivity index (χ0v) is 8.95. The Morgan fingerprint density at radius 1 is 1.60 bits per heavy atom. The van der Waals surface area contributed by atoms with Crippen LogP contribution in [0.5, 0.6) is 0 Å². The average Bonchev–Trinajstić information content (AvgIpc) is 2.17. The molecule has 0 amide bonds. The summed E-state index contributed by atoms with van der Waals surface area (Å²) in [5.41, 5.74) is 7.50. The number of hydrogen-bond acceptors (Lipinski definition) is 4. The first-order valence-corrected chi connectivity index (χ1v) is 4.82. The van der Waals surface area contributed by atoms with Gasteiger partial charge >= 0.3 is 0 Å². The van der Waals surface area contributed by atoms with Gasteiger partial charge in [0.2, 0.25) is 0 Å². The number of nitrogen functional groups attached to an aromatic ring is 1. The van der Waals surface area contributed by atoms with Crippen molar-refractivity contribution in [3.05, 3.63) is 23.8 Å². The van der Waals surface area contributed by atoms with Crippen LogP contribution < -0.4 is 11.1 Å². The van der Waals surface area contributed by atoms with Crippen molar-refractivity contribution in [2.45, 2.75) is 19.9 Å². The molecule has 0 bridgehead atoms. The van der Waals surface area contributed by atoms with Crippen LogP contribution in [0.25, 0.3) is 0 Å². The molecule has 4 nitrogen and oxygen atoms in total. The Morgan fingerprint density at radius 3 is 2.73 bits per heavy atom. The highest BCUT2D eigenvalue weighted by molar-refractivity contribution is 5.99. The number of anilines is 2. The quantitative estimate of drug-likeness (QED) is 0.514. The van der Waals surface area contributed by atoms with E-state index in [1.165, 1.54) is 6.92 Å². The van der Waals surface area contributed by atoms with E-state index in [1.54, 1.807) is 18.2 Å². The molecule has 4 heteroatoms. The molecular weight excluding hydrogens is 192 g/mol. The number of aliphatic hydroxyl groups is 1. The summed E-state index contributed by atoms with van der Waals surface area (Å²) in [7, 11) is 0. The van der Waals surface area contributed by atoms with E-state index >= 15 is 0 Å². The molecule has 1 aromatic carbocycles.